The topological polar surface area (TPSA) is 134 Å². The first-order chi connectivity index (χ1) is 21.7. The van der Waals surface area contributed by atoms with Crippen molar-refractivity contribution in [1.29, 1.82) is 0 Å². The molecular formula is C36H54N4O5. The van der Waals surface area contributed by atoms with Crippen molar-refractivity contribution in [1.82, 2.24) is 15.5 Å². The number of rotatable bonds is 19. The van der Waals surface area contributed by atoms with E-state index in [0.717, 1.165) is 49.0 Å². The Morgan fingerprint density at radius 3 is 2.20 bits per heavy atom. The highest BCUT2D eigenvalue weighted by molar-refractivity contribution is 5.81. The minimum absolute atomic E-state index is 0.0300. The Morgan fingerprint density at radius 2 is 1.58 bits per heavy atom. The van der Waals surface area contributed by atoms with Gasteiger partial charge in [0.2, 0.25) is 17.7 Å². The van der Waals surface area contributed by atoms with Gasteiger partial charge in [-0.3, -0.25) is 14.4 Å². The van der Waals surface area contributed by atoms with Crippen molar-refractivity contribution in [2.75, 3.05) is 26.7 Å². The molecule has 0 radical (unpaired) electrons. The Hall–Kier alpha value is -3.43. The summed E-state index contributed by atoms with van der Waals surface area (Å²) in [5.74, 6) is 0.605. The van der Waals surface area contributed by atoms with Crippen LogP contribution in [0.5, 0.6) is 5.75 Å². The molecule has 3 amide bonds. The van der Waals surface area contributed by atoms with E-state index in [1.807, 2.05) is 47.4 Å². The van der Waals surface area contributed by atoms with Crippen molar-refractivity contribution in [2.45, 2.75) is 103 Å². The maximum Gasteiger partial charge on any atom is 0.226 e. The zero-order chi connectivity index (χ0) is 32.6. The molecule has 2 atom stereocenters. The van der Waals surface area contributed by atoms with Gasteiger partial charge in [-0.1, -0.05) is 76.3 Å². The van der Waals surface area contributed by atoms with Crippen LogP contribution in [-0.2, 0) is 40.2 Å². The fourth-order valence-corrected chi connectivity index (χ4v) is 6.36. The van der Waals surface area contributed by atoms with Gasteiger partial charge in [-0.15, -0.1) is 0 Å². The van der Waals surface area contributed by atoms with Crippen molar-refractivity contribution >= 4 is 17.7 Å². The van der Waals surface area contributed by atoms with E-state index in [2.05, 4.69) is 24.5 Å². The van der Waals surface area contributed by atoms with Crippen LogP contribution in [0, 0.1) is 5.92 Å². The number of ether oxygens (including phenoxy) is 1. The minimum atomic E-state index is -0.765. The summed E-state index contributed by atoms with van der Waals surface area (Å²) >= 11 is 0. The molecule has 0 saturated heterocycles. The molecular weight excluding hydrogens is 568 g/mol. The summed E-state index contributed by atoms with van der Waals surface area (Å²) in [5, 5.41) is 17.7. The molecule has 9 heteroatoms. The van der Waals surface area contributed by atoms with E-state index in [1.54, 1.807) is 7.11 Å². The Kier molecular flexibility index (Phi) is 15.4. The lowest BCUT2D eigenvalue weighted by atomic mass is 9.83. The molecule has 0 aliphatic heterocycles. The van der Waals surface area contributed by atoms with Gasteiger partial charge in [-0.2, -0.15) is 0 Å². The first kappa shape index (κ1) is 36.0. The number of nitrogens with two attached hydrogens (primary N) is 1. The van der Waals surface area contributed by atoms with Crippen LogP contribution in [0.4, 0.5) is 0 Å². The summed E-state index contributed by atoms with van der Waals surface area (Å²) in [7, 11) is 1.64. The van der Waals surface area contributed by atoms with Crippen LogP contribution >= 0.6 is 0 Å². The fraction of sp³-hybridized carbons (Fsp3) is 0.583. The number of hydrogen-bond acceptors (Lipinski definition) is 6. The van der Waals surface area contributed by atoms with E-state index < -0.39 is 18.1 Å². The van der Waals surface area contributed by atoms with E-state index in [0.29, 0.717) is 43.2 Å². The summed E-state index contributed by atoms with van der Waals surface area (Å²) in [6.07, 6.45) is 7.83. The van der Waals surface area contributed by atoms with Crippen molar-refractivity contribution in [3.63, 3.8) is 0 Å². The van der Waals surface area contributed by atoms with E-state index >= 15 is 0 Å². The highest BCUT2D eigenvalue weighted by Gasteiger charge is 2.26. The zero-order valence-corrected chi connectivity index (χ0v) is 27.5. The average molecular weight is 623 g/mol. The number of hydrogen-bond donors (Lipinski definition) is 4. The molecule has 0 aromatic heterocycles. The number of amides is 3. The quantitative estimate of drug-likeness (QED) is 0.187. The summed E-state index contributed by atoms with van der Waals surface area (Å²) in [4.78, 5) is 40.2. The maximum absolute atomic E-state index is 13.5. The third-order valence-electron chi connectivity index (χ3n) is 8.49. The SMILES string of the molecule is CCCN(CCC)C(=O)Cc1cc(CC(N)=O)cc(CC(=O)N[C@@H](CC2CCCCC2)[C@H](O)CNCc2cccc(OC)c2)c1. The molecule has 1 saturated carbocycles. The van der Waals surface area contributed by atoms with Crippen LogP contribution in [0.25, 0.3) is 0 Å². The standard InChI is InChI=1S/C36H54N4O5/c1-4-14-40(15-5-2)36(44)23-30-17-28(21-34(37)42)16-29(18-30)22-35(43)39-32(20-26-10-7-6-8-11-26)33(41)25-38-24-27-12-9-13-31(19-27)45-3/h9,12-13,16-19,26,32-33,38,41H,4-8,10-11,14-15,20-25H2,1-3H3,(H2,37,42)(H,39,43)/t32-,33+/m0/s1. The molecule has 0 bridgehead atoms. The highest BCUT2D eigenvalue weighted by Crippen LogP contribution is 2.28. The van der Waals surface area contributed by atoms with Crippen molar-refractivity contribution in [3.8, 4) is 5.75 Å². The minimum Gasteiger partial charge on any atom is -0.497 e. The van der Waals surface area contributed by atoms with Gasteiger partial charge in [0.15, 0.2) is 0 Å². The van der Waals surface area contributed by atoms with Gasteiger partial charge in [0, 0.05) is 26.2 Å². The van der Waals surface area contributed by atoms with E-state index in [1.165, 1.54) is 19.3 Å². The second-order valence-electron chi connectivity index (χ2n) is 12.5. The third kappa shape index (κ3) is 12.8. The molecule has 0 unspecified atom stereocenters. The summed E-state index contributed by atoms with van der Waals surface area (Å²) in [6.45, 7) is 6.40. The Balaban J connectivity index is 1.70. The lowest BCUT2D eigenvalue weighted by molar-refractivity contribution is -0.130. The number of carbonyl (C=O) groups excluding carboxylic acids is 3. The number of primary amides is 1. The molecule has 2 aromatic carbocycles. The normalized spacial score (nSPS) is 14.8. The number of nitrogens with one attached hydrogen (secondary N) is 2. The number of carbonyl (C=O) groups is 3. The van der Waals surface area contributed by atoms with Crippen LogP contribution in [0.15, 0.2) is 42.5 Å². The first-order valence-corrected chi connectivity index (χ1v) is 16.7. The maximum atomic E-state index is 13.5. The number of aliphatic hydroxyl groups excluding tert-OH is 1. The van der Waals surface area contributed by atoms with Gasteiger partial charge in [-0.05, 0) is 59.6 Å². The average Bonchev–Trinajstić information content (AvgIpc) is 3.00. The van der Waals surface area contributed by atoms with Crippen molar-refractivity contribution < 1.29 is 24.2 Å². The Bertz CT molecular complexity index is 1220. The molecule has 9 nitrogen and oxygen atoms in total. The van der Waals surface area contributed by atoms with E-state index in [-0.39, 0.29) is 31.1 Å². The Morgan fingerprint density at radius 1 is 0.933 bits per heavy atom. The molecule has 0 heterocycles. The van der Waals surface area contributed by atoms with Crippen molar-refractivity contribution in [2.24, 2.45) is 11.7 Å². The second kappa shape index (κ2) is 19.2. The van der Waals surface area contributed by atoms with Gasteiger partial charge in [0.25, 0.3) is 0 Å². The van der Waals surface area contributed by atoms with Gasteiger partial charge >= 0.3 is 0 Å². The summed E-state index contributed by atoms with van der Waals surface area (Å²) in [5.41, 5.74) is 8.72. The molecule has 248 valence electrons. The predicted molar refractivity (Wildman–Crippen MR) is 178 cm³/mol. The molecule has 5 N–H and O–H groups in total. The first-order valence-electron chi connectivity index (χ1n) is 16.7. The van der Waals surface area contributed by atoms with Gasteiger partial charge in [-0.25, -0.2) is 0 Å². The van der Waals surface area contributed by atoms with Gasteiger partial charge in [0.1, 0.15) is 5.75 Å². The number of nitrogens with zero attached hydrogens (tertiary/aromatic N) is 1. The smallest absolute Gasteiger partial charge is 0.226 e. The zero-order valence-electron chi connectivity index (χ0n) is 27.5. The van der Waals surface area contributed by atoms with Crippen LogP contribution in [0.3, 0.4) is 0 Å². The van der Waals surface area contributed by atoms with Gasteiger partial charge in [0.05, 0.1) is 38.5 Å². The fourth-order valence-electron chi connectivity index (χ4n) is 6.36. The number of benzene rings is 2. The molecule has 2 aromatic rings. The lowest BCUT2D eigenvalue weighted by Gasteiger charge is -2.30. The number of aliphatic hydroxyl groups is 1. The summed E-state index contributed by atoms with van der Waals surface area (Å²) < 4.78 is 5.31. The molecule has 0 spiro atoms. The van der Waals surface area contributed by atoms with Crippen LogP contribution in [0.1, 0.15) is 87.5 Å². The van der Waals surface area contributed by atoms with E-state index in [9.17, 15) is 19.5 Å². The number of methoxy groups -OCH3 is 1. The highest BCUT2D eigenvalue weighted by atomic mass is 16.5. The predicted octanol–water partition coefficient (Wildman–Crippen LogP) is 4.06. The van der Waals surface area contributed by atoms with E-state index in [4.69, 9.17) is 10.5 Å². The van der Waals surface area contributed by atoms with Crippen molar-refractivity contribution in [3.05, 3.63) is 64.7 Å². The third-order valence-corrected chi connectivity index (χ3v) is 8.49. The molecule has 1 aliphatic rings. The summed E-state index contributed by atoms with van der Waals surface area (Å²) in [6, 6.07) is 12.9. The second-order valence-corrected chi connectivity index (χ2v) is 12.5. The largest absolute Gasteiger partial charge is 0.497 e. The van der Waals surface area contributed by atoms with Crippen LogP contribution in [0.2, 0.25) is 0 Å². The lowest BCUT2D eigenvalue weighted by Crippen LogP contribution is -2.48. The van der Waals surface area contributed by atoms with Gasteiger partial charge < -0.3 is 31.1 Å². The Labute approximate surface area is 269 Å². The van der Waals surface area contributed by atoms with Crippen LogP contribution in [-0.4, -0.2) is 66.6 Å². The molecule has 1 aliphatic carbocycles. The molecule has 45 heavy (non-hydrogen) atoms. The molecule has 1 fully saturated rings. The monoisotopic (exact) mass is 622 g/mol. The van der Waals surface area contributed by atoms with Crippen LogP contribution < -0.4 is 21.1 Å². The molecule has 3 rings (SSSR count).